The van der Waals surface area contributed by atoms with Crippen molar-refractivity contribution in [3.8, 4) is 5.75 Å². The number of carbonyl (C=O) groups is 1. The zero-order valence-electron chi connectivity index (χ0n) is 18.6. The van der Waals surface area contributed by atoms with Gasteiger partial charge in [-0.25, -0.2) is 18.6 Å². The molecule has 3 heterocycles. The first kappa shape index (κ1) is 23.0. The Morgan fingerprint density at radius 1 is 1.19 bits per heavy atom. The van der Waals surface area contributed by atoms with Gasteiger partial charge in [0.05, 0.1) is 6.61 Å². The van der Waals surface area contributed by atoms with Crippen LogP contribution in [0.4, 0.5) is 19.4 Å². The van der Waals surface area contributed by atoms with Gasteiger partial charge in [0.1, 0.15) is 0 Å². The number of amides is 1. The Kier molecular flexibility index (Phi) is 7.33. The third kappa shape index (κ3) is 6.43. The van der Waals surface area contributed by atoms with Crippen molar-refractivity contribution in [3.63, 3.8) is 0 Å². The summed E-state index contributed by atoms with van der Waals surface area (Å²) in [5, 5.41) is 11.5. The van der Waals surface area contributed by atoms with Crippen molar-refractivity contribution >= 4 is 11.9 Å². The zero-order valence-corrected chi connectivity index (χ0v) is 18.6. The molecular formula is C23H34F2N4O3. The molecule has 9 heteroatoms. The van der Waals surface area contributed by atoms with Crippen molar-refractivity contribution in [2.45, 2.75) is 63.3 Å². The van der Waals surface area contributed by atoms with Gasteiger partial charge in [-0.1, -0.05) is 0 Å². The molecule has 5 rings (SSSR count). The molecule has 2 aliphatic heterocycles. The highest BCUT2D eigenvalue weighted by Gasteiger charge is 2.43. The lowest BCUT2D eigenvalue weighted by molar-refractivity contribution is 0.120. The topological polar surface area (TPSA) is 77.9 Å². The van der Waals surface area contributed by atoms with Crippen molar-refractivity contribution in [2.24, 2.45) is 5.92 Å². The third-order valence-electron chi connectivity index (χ3n) is 6.91. The van der Waals surface area contributed by atoms with Gasteiger partial charge >= 0.3 is 6.09 Å². The molecule has 4 aliphatic rings. The van der Waals surface area contributed by atoms with E-state index in [1.807, 2.05) is 6.20 Å². The highest BCUT2D eigenvalue weighted by atomic mass is 19.3. The summed E-state index contributed by atoms with van der Waals surface area (Å²) in [4.78, 5) is 20.2. The quantitative estimate of drug-likeness (QED) is 0.708. The fraction of sp³-hybridized carbons (Fsp3) is 0.739. The number of hydrogen-bond donors (Lipinski definition) is 2. The van der Waals surface area contributed by atoms with Gasteiger partial charge in [-0.3, -0.25) is 4.90 Å². The number of hydrogen-bond acceptors (Lipinski definition) is 5. The minimum absolute atomic E-state index is 0.118. The van der Waals surface area contributed by atoms with Crippen LogP contribution in [0, 0.1) is 5.92 Å². The SMILES string of the molecule is FC1(F)CC1.O=C(O)N[C@H]1CC[C@H](CCN2CCN(c3nccc4c3OCC4)CC2)CC1. The molecule has 2 saturated carbocycles. The van der Waals surface area contributed by atoms with Crippen LogP contribution in [0.25, 0.3) is 0 Å². The van der Waals surface area contributed by atoms with E-state index in [0.29, 0.717) is 0 Å². The minimum atomic E-state index is -2.25. The predicted octanol–water partition coefficient (Wildman–Crippen LogP) is 3.77. The van der Waals surface area contributed by atoms with Gasteiger partial charge in [-0.15, -0.1) is 0 Å². The number of rotatable bonds is 5. The van der Waals surface area contributed by atoms with Crippen LogP contribution >= 0.6 is 0 Å². The smallest absolute Gasteiger partial charge is 0.404 e. The number of nitrogens with one attached hydrogen (secondary N) is 1. The first-order chi connectivity index (χ1) is 15.4. The summed E-state index contributed by atoms with van der Waals surface area (Å²) in [6.07, 6.45) is 7.72. The number of anilines is 1. The Labute approximate surface area is 188 Å². The molecule has 1 aromatic heterocycles. The number of pyridine rings is 1. The fourth-order valence-corrected chi connectivity index (χ4v) is 4.73. The Morgan fingerprint density at radius 2 is 1.88 bits per heavy atom. The van der Waals surface area contributed by atoms with Gasteiger partial charge in [0.25, 0.3) is 0 Å². The van der Waals surface area contributed by atoms with Crippen LogP contribution in [-0.4, -0.2) is 72.4 Å². The summed E-state index contributed by atoms with van der Waals surface area (Å²) >= 11 is 0. The molecule has 0 unspecified atom stereocenters. The number of halogens is 2. The van der Waals surface area contributed by atoms with E-state index in [4.69, 9.17) is 9.84 Å². The number of alkyl halides is 2. The predicted molar refractivity (Wildman–Crippen MR) is 118 cm³/mol. The molecule has 0 spiro atoms. The summed E-state index contributed by atoms with van der Waals surface area (Å²) in [6.45, 7) is 6.07. The van der Waals surface area contributed by atoms with Crippen LogP contribution in [0.3, 0.4) is 0 Å². The maximum Gasteiger partial charge on any atom is 0.404 e. The molecule has 32 heavy (non-hydrogen) atoms. The van der Waals surface area contributed by atoms with Crippen LogP contribution in [0.5, 0.6) is 5.75 Å². The van der Waals surface area contributed by atoms with Crippen molar-refractivity contribution in [1.29, 1.82) is 0 Å². The van der Waals surface area contributed by atoms with E-state index < -0.39 is 12.0 Å². The second-order valence-electron chi connectivity index (χ2n) is 9.36. The first-order valence-corrected chi connectivity index (χ1v) is 11.8. The number of ether oxygens (including phenoxy) is 1. The van der Waals surface area contributed by atoms with Gasteiger partial charge in [0, 0.05) is 63.2 Å². The first-order valence-electron chi connectivity index (χ1n) is 11.8. The zero-order chi connectivity index (χ0) is 22.6. The lowest BCUT2D eigenvalue weighted by Gasteiger charge is -2.37. The van der Waals surface area contributed by atoms with Crippen LogP contribution in [0.15, 0.2) is 12.3 Å². The van der Waals surface area contributed by atoms with E-state index in [2.05, 4.69) is 26.2 Å². The molecule has 1 aromatic rings. The van der Waals surface area contributed by atoms with Crippen LogP contribution in [0.1, 0.15) is 50.5 Å². The van der Waals surface area contributed by atoms with E-state index in [-0.39, 0.29) is 18.9 Å². The molecule has 3 fully saturated rings. The van der Waals surface area contributed by atoms with E-state index in [9.17, 15) is 13.6 Å². The second kappa shape index (κ2) is 10.2. The van der Waals surface area contributed by atoms with Gasteiger partial charge < -0.3 is 20.1 Å². The molecule has 0 atom stereocenters. The average Bonchev–Trinajstić information content (AvgIpc) is 3.27. The molecule has 178 valence electrons. The number of nitrogens with zero attached hydrogens (tertiary/aromatic N) is 3. The Bertz CT molecular complexity index is 773. The molecule has 2 aliphatic carbocycles. The molecular weight excluding hydrogens is 418 g/mol. The summed E-state index contributed by atoms with van der Waals surface area (Å²) in [6, 6.07) is 2.23. The molecule has 7 nitrogen and oxygen atoms in total. The molecule has 2 N–H and O–H groups in total. The van der Waals surface area contributed by atoms with Crippen molar-refractivity contribution in [2.75, 3.05) is 44.2 Å². The normalized spacial score (nSPS) is 26.4. The Balaban J connectivity index is 0.000000433. The molecule has 1 saturated heterocycles. The number of fused-ring (bicyclic) bond motifs is 1. The third-order valence-corrected chi connectivity index (χ3v) is 6.91. The maximum absolute atomic E-state index is 11.1. The van der Waals surface area contributed by atoms with Crippen molar-refractivity contribution in [1.82, 2.24) is 15.2 Å². The number of piperazine rings is 1. The lowest BCUT2D eigenvalue weighted by atomic mass is 9.84. The van der Waals surface area contributed by atoms with Gasteiger partial charge in [-0.2, -0.15) is 0 Å². The minimum Gasteiger partial charge on any atom is -0.489 e. The van der Waals surface area contributed by atoms with E-state index in [1.54, 1.807) is 0 Å². The average molecular weight is 453 g/mol. The van der Waals surface area contributed by atoms with Crippen LogP contribution in [-0.2, 0) is 6.42 Å². The van der Waals surface area contributed by atoms with Gasteiger partial charge in [-0.05, 0) is 50.6 Å². The summed E-state index contributed by atoms with van der Waals surface area (Å²) in [7, 11) is 0. The highest BCUT2D eigenvalue weighted by Crippen LogP contribution is 2.40. The van der Waals surface area contributed by atoms with E-state index >= 15 is 0 Å². The lowest BCUT2D eigenvalue weighted by Crippen LogP contribution is -2.47. The second-order valence-corrected chi connectivity index (χ2v) is 9.36. The van der Waals surface area contributed by atoms with E-state index in [1.165, 1.54) is 12.0 Å². The molecule has 0 aromatic carbocycles. The fourth-order valence-electron chi connectivity index (χ4n) is 4.73. The molecule has 1 amide bonds. The Morgan fingerprint density at radius 3 is 2.50 bits per heavy atom. The Hall–Kier alpha value is -2.16. The molecule has 0 radical (unpaired) electrons. The van der Waals surface area contributed by atoms with E-state index in [0.717, 1.165) is 88.9 Å². The monoisotopic (exact) mass is 452 g/mol. The van der Waals surface area contributed by atoms with Gasteiger partial charge in [0.15, 0.2) is 11.6 Å². The largest absolute Gasteiger partial charge is 0.489 e. The van der Waals surface area contributed by atoms with Crippen molar-refractivity contribution in [3.05, 3.63) is 17.8 Å². The summed E-state index contributed by atoms with van der Waals surface area (Å²) in [5.74, 6) is 0.508. The number of aromatic nitrogens is 1. The van der Waals surface area contributed by atoms with Gasteiger partial charge in [0.2, 0.25) is 5.92 Å². The molecule has 0 bridgehead atoms. The number of carboxylic acid groups (broad SMARTS) is 1. The van der Waals surface area contributed by atoms with Crippen molar-refractivity contribution < 1.29 is 23.4 Å². The highest BCUT2D eigenvalue weighted by molar-refractivity contribution is 5.64. The standard InChI is InChI=1S/C20H30N4O3.C3H4F2/c25-20(26)22-17-3-1-15(2-4-17)6-9-23-10-12-24(13-11-23)19-18-16(5-8-21-19)7-14-27-18;4-3(5)1-2-3/h5,8,15,17,22H,1-4,6-7,9-14H2,(H,25,26);1-2H2/t15-,17-;. The van der Waals surface area contributed by atoms with Crippen LogP contribution in [0.2, 0.25) is 0 Å². The van der Waals surface area contributed by atoms with Crippen LogP contribution < -0.4 is 15.0 Å². The summed E-state index contributed by atoms with van der Waals surface area (Å²) in [5.41, 5.74) is 1.29. The summed E-state index contributed by atoms with van der Waals surface area (Å²) < 4.78 is 28.1. The maximum atomic E-state index is 11.1.